The molecule has 43 heavy (non-hydrogen) atoms. The SMILES string of the molecule is CCN(CC)c1ccc2c(-c3ccccc3C(=O)NC(=N)N)c3ccc(=[N+](CC)CC)cc-3oc2c1.O=C([O-])C(F)(F)F. The molecule has 9 nitrogen and oxygen atoms in total. The zero-order chi connectivity index (χ0) is 31.9. The van der Waals surface area contributed by atoms with Crippen LogP contribution < -0.4 is 31.0 Å². The number of guanidine groups is 1. The summed E-state index contributed by atoms with van der Waals surface area (Å²) in [6.45, 7) is 12.1. The van der Waals surface area contributed by atoms with Crippen molar-refractivity contribution in [3.8, 4) is 22.5 Å². The molecule has 0 saturated carbocycles. The topological polar surface area (TPSA) is 138 Å². The molecule has 2 aromatic carbocycles. The first-order chi connectivity index (χ1) is 20.4. The molecular formula is C31H34F3N5O4. The van der Waals surface area contributed by atoms with Gasteiger partial charge in [0.2, 0.25) is 5.36 Å². The van der Waals surface area contributed by atoms with E-state index in [-0.39, 0.29) is 5.96 Å². The van der Waals surface area contributed by atoms with Crippen molar-refractivity contribution in [1.29, 1.82) is 5.41 Å². The van der Waals surface area contributed by atoms with E-state index < -0.39 is 18.1 Å². The number of anilines is 1. The summed E-state index contributed by atoms with van der Waals surface area (Å²) in [5, 5.41) is 20.7. The molecule has 0 bridgehead atoms. The molecular weight excluding hydrogens is 563 g/mol. The maximum absolute atomic E-state index is 13.0. The number of halogens is 3. The number of alkyl halides is 3. The van der Waals surface area contributed by atoms with Gasteiger partial charge in [-0.3, -0.25) is 15.5 Å². The van der Waals surface area contributed by atoms with Gasteiger partial charge in [0, 0.05) is 53.0 Å². The standard InChI is InChI=1S/C29H33N5O2.C2HF3O2/c1-5-33(6-2)19-13-15-23-25(17-19)36-26-18-20(34(7-3)8-4)14-16-24(26)27(23)21-11-9-10-12-22(21)28(35)32-29(30)31;3-2(4,5)1(6)7/h9-18H,5-8H2,1-4H3,(H3-,30,31,32,35);(H,6,7). The Morgan fingerprint density at radius 2 is 1.60 bits per heavy atom. The highest BCUT2D eigenvalue weighted by Gasteiger charge is 2.29. The number of amides is 1. The van der Waals surface area contributed by atoms with E-state index in [4.69, 9.17) is 25.5 Å². The molecule has 0 radical (unpaired) electrons. The average molecular weight is 598 g/mol. The molecule has 0 atom stereocenters. The maximum Gasteiger partial charge on any atom is 0.430 e. The first-order valence-corrected chi connectivity index (χ1v) is 13.7. The Labute approximate surface area is 246 Å². The van der Waals surface area contributed by atoms with E-state index in [9.17, 15) is 18.0 Å². The summed E-state index contributed by atoms with van der Waals surface area (Å²) in [6, 6.07) is 19.9. The van der Waals surface area contributed by atoms with Crippen LogP contribution in [0.15, 0.2) is 65.1 Å². The number of aliphatic carboxylic acids is 1. The number of carboxylic acids is 1. The molecule has 0 unspecified atom stereocenters. The van der Waals surface area contributed by atoms with Crippen LogP contribution in [0, 0.1) is 5.41 Å². The lowest BCUT2D eigenvalue weighted by Crippen LogP contribution is -2.37. The molecule has 2 aromatic rings. The first-order valence-electron chi connectivity index (χ1n) is 13.7. The highest BCUT2D eigenvalue weighted by molar-refractivity contribution is 6.12. The van der Waals surface area contributed by atoms with Crippen molar-refractivity contribution in [3.63, 3.8) is 0 Å². The lowest BCUT2D eigenvalue weighted by molar-refractivity contribution is -0.344. The third-order valence-electron chi connectivity index (χ3n) is 6.87. The van der Waals surface area contributed by atoms with Crippen molar-refractivity contribution in [2.24, 2.45) is 5.73 Å². The van der Waals surface area contributed by atoms with Gasteiger partial charge < -0.3 is 25.0 Å². The minimum absolute atomic E-state index is 0.389. The maximum atomic E-state index is 13.0. The molecule has 12 heteroatoms. The monoisotopic (exact) mass is 597 g/mol. The number of carbonyl (C=O) groups excluding carboxylic acids is 2. The highest BCUT2D eigenvalue weighted by Crippen LogP contribution is 2.42. The average Bonchev–Trinajstić information content (AvgIpc) is 2.96. The Bertz CT molecular complexity index is 1670. The first kappa shape index (κ1) is 32.6. The van der Waals surface area contributed by atoms with E-state index in [1.165, 1.54) is 0 Å². The molecule has 1 amide bonds. The van der Waals surface area contributed by atoms with Crippen molar-refractivity contribution >= 4 is 34.5 Å². The second kappa shape index (κ2) is 13.9. The molecule has 4 N–H and O–H groups in total. The normalized spacial score (nSPS) is 11.0. The summed E-state index contributed by atoms with van der Waals surface area (Å²) in [4.78, 5) is 24.1. The zero-order valence-electron chi connectivity index (χ0n) is 24.3. The smallest absolute Gasteiger partial charge is 0.430 e. The van der Waals surface area contributed by atoms with Gasteiger partial charge in [-0.2, -0.15) is 13.2 Å². The van der Waals surface area contributed by atoms with Gasteiger partial charge in [0.05, 0.1) is 6.07 Å². The molecule has 0 spiro atoms. The summed E-state index contributed by atoms with van der Waals surface area (Å²) < 4.78 is 40.4. The van der Waals surface area contributed by atoms with Gasteiger partial charge in [-0.25, -0.2) is 4.58 Å². The van der Waals surface area contributed by atoms with Gasteiger partial charge in [-0.05, 0) is 57.5 Å². The number of carboxylic acid groups (broad SMARTS) is 1. The van der Waals surface area contributed by atoms with Crippen molar-refractivity contribution in [1.82, 2.24) is 9.89 Å². The van der Waals surface area contributed by atoms with Crippen molar-refractivity contribution in [2.45, 2.75) is 33.9 Å². The Morgan fingerprint density at radius 3 is 2.16 bits per heavy atom. The lowest BCUT2D eigenvalue weighted by Gasteiger charge is -2.22. The number of fused-ring (bicyclic) bond motifs is 2. The summed E-state index contributed by atoms with van der Waals surface area (Å²) in [6.07, 6.45) is -5.19. The molecule has 0 fully saturated rings. The van der Waals surface area contributed by atoms with E-state index in [0.29, 0.717) is 5.56 Å². The van der Waals surface area contributed by atoms with Gasteiger partial charge in [-0.1, -0.05) is 18.2 Å². The predicted molar refractivity (Wildman–Crippen MR) is 159 cm³/mol. The minimum Gasteiger partial charge on any atom is -0.542 e. The number of carbonyl (C=O) groups is 2. The van der Waals surface area contributed by atoms with Crippen LogP contribution in [0.25, 0.3) is 33.4 Å². The fourth-order valence-electron chi connectivity index (χ4n) is 4.82. The Hall–Kier alpha value is -4.87. The number of hydrogen-bond acceptors (Lipinski definition) is 6. The largest absolute Gasteiger partial charge is 0.542 e. The Kier molecular flexibility index (Phi) is 10.5. The molecule has 1 heterocycles. The minimum atomic E-state index is -5.19. The summed E-state index contributed by atoms with van der Waals surface area (Å²) in [5.41, 5.74) is 10.3. The van der Waals surface area contributed by atoms with E-state index in [1.54, 1.807) is 6.07 Å². The quantitative estimate of drug-likeness (QED) is 0.128. The van der Waals surface area contributed by atoms with Crippen molar-refractivity contribution in [3.05, 3.63) is 71.6 Å². The van der Waals surface area contributed by atoms with Crippen molar-refractivity contribution in [2.75, 3.05) is 31.1 Å². The molecule has 228 valence electrons. The molecule has 0 aromatic heterocycles. The fraction of sp³-hybridized carbons (Fsp3) is 0.290. The van der Waals surface area contributed by atoms with Crippen LogP contribution in [-0.4, -0.2) is 50.2 Å². The van der Waals surface area contributed by atoms with Crippen LogP contribution in [0.2, 0.25) is 0 Å². The lowest BCUT2D eigenvalue weighted by atomic mass is 9.90. The number of hydrogen-bond donors (Lipinski definition) is 3. The number of nitrogens with zero attached hydrogens (tertiary/aromatic N) is 2. The third kappa shape index (κ3) is 7.51. The zero-order valence-corrected chi connectivity index (χ0v) is 24.3. The number of nitrogens with one attached hydrogen (secondary N) is 2. The van der Waals surface area contributed by atoms with Gasteiger partial charge in [0.25, 0.3) is 5.91 Å². The third-order valence-corrected chi connectivity index (χ3v) is 6.87. The van der Waals surface area contributed by atoms with E-state index in [2.05, 4.69) is 78.9 Å². The van der Waals surface area contributed by atoms with Crippen LogP contribution in [0.3, 0.4) is 0 Å². The second-order valence-corrected chi connectivity index (χ2v) is 9.38. The van der Waals surface area contributed by atoms with E-state index >= 15 is 0 Å². The molecule has 1 aliphatic heterocycles. The highest BCUT2D eigenvalue weighted by atomic mass is 19.4. The van der Waals surface area contributed by atoms with Crippen LogP contribution in [0.4, 0.5) is 18.9 Å². The molecule has 4 rings (SSSR count). The van der Waals surface area contributed by atoms with E-state index in [0.717, 1.165) is 70.6 Å². The van der Waals surface area contributed by atoms with Crippen LogP contribution in [-0.2, 0) is 4.79 Å². The van der Waals surface area contributed by atoms with Gasteiger partial charge >= 0.3 is 6.18 Å². The van der Waals surface area contributed by atoms with Gasteiger partial charge in [0.1, 0.15) is 30.4 Å². The van der Waals surface area contributed by atoms with Crippen LogP contribution >= 0.6 is 0 Å². The van der Waals surface area contributed by atoms with Crippen molar-refractivity contribution < 1.29 is 32.3 Å². The number of nitrogens with two attached hydrogens (primary N) is 1. The molecule has 2 aliphatic rings. The van der Waals surface area contributed by atoms with Gasteiger partial charge in [0.15, 0.2) is 5.96 Å². The predicted octanol–water partition coefficient (Wildman–Crippen LogP) is 3.78. The molecule has 1 aliphatic carbocycles. The Morgan fingerprint density at radius 1 is 0.977 bits per heavy atom. The van der Waals surface area contributed by atoms with E-state index in [1.807, 2.05) is 18.2 Å². The second-order valence-electron chi connectivity index (χ2n) is 9.38. The van der Waals surface area contributed by atoms with Gasteiger partial charge in [-0.15, -0.1) is 0 Å². The summed E-state index contributed by atoms with van der Waals surface area (Å²) in [5.74, 6) is -3.06. The Balaban J connectivity index is 0.000000646. The summed E-state index contributed by atoms with van der Waals surface area (Å²) >= 11 is 0. The fourth-order valence-corrected chi connectivity index (χ4v) is 4.82. The number of benzene rings is 3. The summed E-state index contributed by atoms with van der Waals surface area (Å²) in [7, 11) is 0. The van der Waals surface area contributed by atoms with Crippen LogP contribution in [0.1, 0.15) is 38.1 Å². The van der Waals surface area contributed by atoms with Crippen LogP contribution in [0.5, 0.6) is 0 Å². The number of rotatable bonds is 7. The molecule has 0 saturated heterocycles.